The number of aryl methyl sites for hydroxylation is 1. The van der Waals surface area contributed by atoms with Crippen LogP contribution in [-0.2, 0) is 16.6 Å². The van der Waals surface area contributed by atoms with Crippen LogP contribution in [0.3, 0.4) is 0 Å². The van der Waals surface area contributed by atoms with E-state index in [1.165, 1.54) is 29.2 Å². The second kappa shape index (κ2) is 5.33. The second-order valence-corrected chi connectivity index (χ2v) is 5.73. The van der Waals surface area contributed by atoms with Crippen molar-refractivity contribution in [3.63, 3.8) is 0 Å². The van der Waals surface area contributed by atoms with Crippen molar-refractivity contribution in [2.24, 2.45) is 5.73 Å². The molecule has 0 unspecified atom stereocenters. The van der Waals surface area contributed by atoms with Crippen LogP contribution in [0.5, 0.6) is 0 Å². The Bertz CT molecular complexity index is 737. The highest BCUT2D eigenvalue weighted by molar-refractivity contribution is 7.92. The van der Waals surface area contributed by atoms with Crippen LogP contribution in [0.2, 0.25) is 0 Å². The maximum Gasteiger partial charge on any atom is 0.265 e. The first-order valence-electron chi connectivity index (χ1n) is 5.88. The molecule has 8 heteroatoms. The second-order valence-electron chi connectivity index (χ2n) is 4.05. The number of rotatable bonds is 5. The fourth-order valence-corrected chi connectivity index (χ4v) is 2.68. The molecule has 0 aliphatic heterocycles. The molecule has 0 radical (unpaired) electrons. The van der Waals surface area contributed by atoms with Gasteiger partial charge in [0, 0.05) is 12.7 Å². The van der Waals surface area contributed by atoms with E-state index in [9.17, 15) is 13.2 Å². The Morgan fingerprint density at radius 2 is 2.10 bits per heavy atom. The topological polar surface area (TPSA) is 107 Å². The Kier molecular flexibility index (Phi) is 3.75. The molecule has 0 saturated heterocycles. The number of nitrogens with zero attached hydrogens (tertiary/aromatic N) is 2. The average Bonchev–Trinajstić information content (AvgIpc) is 2.88. The summed E-state index contributed by atoms with van der Waals surface area (Å²) in [6.07, 6.45) is 2.66. The predicted octanol–water partition coefficient (Wildman–Crippen LogP) is 0.803. The largest absolute Gasteiger partial charge is 0.366 e. The summed E-state index contributed by atoms with van der Waals surface area (Å²) in [6.45, 7) is 2.41. The Morgan fingerprint density at radius 3 is 2.70 bits per heavy atom. The molecule has 0 spiro atoms. The van der Waals surface area contributed by atoms with E-state index in [4.69, 9.17) is 5.73 Å². The number of carbonyl (C=O) groups is 1. The van der Waals surface area contributed by atoms with Crippen LogP contribution in [0.1, 0.15) is 17.3 Å². The van der Waals surface area contributed by atoms with Crippen LogP contribution >= 0.6 is 0 Å². The lowest BCUT2D eigenvalue weighted by molar-refractivity contribution is 0.100. The minimum absolute atomic E-state index is 0.0265. The van der Waals surface area contributed by atoms with Crippen LogP contribution < -0.4 is 10.5 Å². The number of hydrogen-bond acceptors (Lipinski definition) is 4. The zero-order chi connectivity index (χ0) is 14.8. The van der Waals surface area contributed by atoms with Gasteiger partial charge >= 0.3 is 0 Å². The first kappa shape index (κ1) is 14.1. The fraction of sp³-hybridized carbons (Fsp3) is 0.167. The molecule has 0 saturated carbocycles. The quantitative estimate of drug-likeness (QED) is 0.850. The van der Waals surface area contributed by atoms with Gasteiger partial charge in [-0.25, -0.2) is 8.42 Å². The van der Waals surface area contributed by atoms with Gasteiger partial charge in [-0.3, -0.25) is 14.2 Å². The lowest BCUT2D eigenvalue weighted by Gasteiger charge is -2.09. The number of benzene rings is 1. The van der Waals surface area contributed by atoms with Crippen molar-refractivity contribution in [1.82, 2.24) is 9.78 Å². The van der Waals surface area contributed by atoms with E-state index in [0.29, 0.717) is 6.54 Å². The minimum atomic E-state index is -3.80. The van der Waals surface area contributed by atoms with Crippen LogP contribution in [0.15, 0.2) is 41.6 Å². The van der Waals surface area contributed by atoms with Gasteiger partial charge < -0.3 is 5.73 Å². The molecule has 0 aliphatic carbocycles. The summed E-state index contributed by atoms with van der Waals surface area (Å²) in [6, 6.07) is 6.14. The third-order valence-corrected chi connectivity index (χ3v) is 4.00. The van der Waals surface area contributed by atoms with Crippen molar-refractivity contribution in [2.75, 3.05) is 4.72 Å². The van der Waals surface area contributed by atoms with Crippen LogP contribution in [0.25, 0.3) is 0 Å². The van der Waals surface area contributed by atoms with Crippen molar-refractivity contribution in [2.45, 2.75) is 18.4 Å². The molecule has 0 bridgehead atoms. The summed E-state index contributed by atoms with van der Waals surface area (Å²) in [5.41, 5.74) is 5.46. The summed E-state index contributed by atoms with van der Waals surface area (Å²) < 4.78 is 28.2. The number of carbonyl (C=O) groups excluding carboxylic acids is 1. The van der Waals surface area contributed by atoms with E-state index >= 15 is 0 Å². The van der Waals surface area contributed by atoms with Gasteiger partial charge in [0.15, 0.2) is 0 Å². The monoisotopic (exact) mass is 294 g/mol. The van der Waals surface area contributed by atoms with E-state index < -0.39 is 15.9 Å². The third-order valence-electron chi connectivity index (χ3n) is 2.68. The Morgan fingerprint density at radius 1 is 1.40 bits per heavy atom. The van der Waals surface area contributed by atoms with E-state index in [2.05, 4.69) is 9.82 Å². The highest BCUT2D eigenvalue weighted by atomic mass is 32.2. The van der Waals surface area contributed by atoms with Crippen molar-refractivity contribution in [1.29, 1.82) is 0 Å². The first-order chi connectivity index (χ1) is 9.44. The van der Waals surface area contributed by atoms with Gasteiger partial charge in [-0.2, -0.15) is 5.10 Å². The van der Waals surface area contributed by atoms with Gasteiger partial charge in [-0.1, -0.05) is 12.1 Å². The average molecular weight is 294 g/mol. The molecule has 1 amide bonds. The van der Waals surface area contributed by atoms with Crippen molar-refractivity contribution >= 4 is 21.6 Å². The molecular formula is C12H14N4O3S. The molecule has 106 valence electrons. The van der Waals surface area contributed by atoms with Crippen LogP contribution in [0.4, 0.5) is 5.69 Å². The van der Waals surface area contributed by atoms with E-state index in [1.54, 1.807) is 12.1 Å². The van der Waals surface area contributed by atoms with Crippen LogP contribution in [-0.4, -0.2) is 24.1 Å². The summed E-state index contributed by atoms with van der Waals surface area (Å²) in [5, 5.41) is 3.91. The van der Waals surface area contributed by atoms with Gasteiger partial charge in [-0.15, -0.1) is 0 Å². The van der Waals surface area contributed by atoms with E-state index in [0.717, 1.165) is 0 Å². The number of amides is 1. The summed E-state index contributed by atoms with van der Waals surface area (Å²) in [7, 11) is -3.80. The van der Waals surface area contributed by atoms with Crippen molar-refractivity contribution in [3.8, 4) is 0 Å². The maximum atomic E-state index is 12.2. The minimum Gasteiger partial charge on any atom is -0.366 e. The third kappa shape index (κ3) is 2.80. The summed E-state index contributed by atoms with van der Waals surface area (Å²) >= 11 is 0. The van der Waals surface area contributed by atoms with Gasteiger partial charge in [-0.05, 0) is 19.1 Å². The number of nitrogens with two attached hydrogens (primary N) is 1. The number of primary amides is 1. The number of nitrogens with one attached hydrogen (secondary N) is 1. The molecular weight excluding hydrogens is 280 g/mol. The standard InChI is InChI=1S/C12H14N4O3S/c1-2-16-8-9(7-14-16)20(18,19)15-11-6-4-3-5-10(11)12(13)17/h3-8,15H,2H2,1H3,(H2,13,17). The number of aromatic nitrogens is 2. The maximum absolute atomic E-state index is 12.2. The van der Waals surface area contributed by atoms with Crippen molar-refractivity contribution in [3.05, 3.63) is 42.2 Å². The molecule has 1 aromatic heterocycles. The van der Waals surface area contributed by atoms with Gasteiger partial charge in [0.05, 0.1) is 17.4 Å². The highest BCUT2D eigenvalue weighted by Gasteiger charge is 2.19. The van der Waals surface area contributed by atoms with Gasteiger partial charge in [0.1, 0.15) is 4.90 Å². The normalized spacial score (nSPS) is 11.2. The molecule has 0 atom stereocenters. The SMILES string of the molecule is CCn1cc(S(=O)(=O)Nc2ccccc2C(N)=O)cn1. The predicted molar refractivity (Wildman–Crippen MR) is 73.7 cm³/mol. The molecule has 0 fully saturated rings. The zero-order valence-corrected chi connectivity index (χ0v) is 11.6. The molecule has 7 nitrogen and oxygen atoms in total. The Labute approximate surface area is 116 Å². The molecule has 3 N–H and O–H groups in total. The smallest absolute Gasteiger partial charge is 0.265 e. The van der Waals surface area contributed by atoms with Gasteiger partial charge in [0.25, 0.3) is 15.9 Å². The van der Waals surface area contributed by atoms with Crippen molar-refractivity contribution < 1.29 is 13.2 Å². The van der Waals surface area contributed by atoms with E-state index in [1.807, 2.05) is 6.92 Å². The Balaban J connectivity index is 2.36. The molecule has 2 rings (SSSR count). The number of para-hydroxylation sites is 1. The molecule has 20 heavy (non-hydrogen) atoms. The van der Waals surface area contributed by atoms with Gasteiger partial charge in [0.2, 0.25) is 0 Å². The lowest BCUT2D eigenvalue weighted by atomic mass is 10.2. The molecule has 2 aromatic rings. The number of hydrogen-bond donors (Lipinski definition) is 2. The molecule has 1 heterocycles. The Hall–Kier alpha value is -2.35. The molecule has 0 aliphatic rings. The van der Waals surface area contributed by atoms with E-state index in [-0.39, 0.29) is 16.1 Å². The molecule has 1 aromatic carbocycles. The number of anilines is 1. The first-order valence-corrected chi connectivity index (χ1v) is 7.36. The zero-order valence-electron chi connectivity index (χ0n) is 10.8. The lowest BCUT2D eigenvalue weighted by Crippen LogP contribution is -2.18. The van der Waals surface area contributed by atoms with Crippen LogP contribution in [0, 0.1) is 0 Å². The number of sulfonamides is 1. The fourth-order valence-electron chi connectivity index (χ4n) is 1.65. The summed E-state index contributed by atoms with van der Waals surface area (Å²) in [5.74, 6) is -0.701. The summed E-state index contributed by atoms with van der Waals surface area (Å²) in [4.78, 5) is 11.3. The highest BCUT2D eigenvalue weighted by Crippen LogP contribution is 2.19.